The molecule has 1 aromatic heterocycles. The fourth-order valence-electron chi connectivity index (χ4n) is 3.86. The number of amides is 1. The van der Waals surface area contributed by atoms with Crippen molar-refractivity contribution in [3.8, 4) is 0 Å². The van der Waals surface area contributed by atoms with Gasteiger partial charge in [0.05, 0.1) is 18.8 Å². The average molecular weight is 380 g/mol. The molecular formula is C21H24N4O3. The van der Waals surface area contributed by atoms with Gasteiger partial charge in [-0.25, -0.2) is 0 Å². The molecule has 0 saturated carbocycles. The van der Waals surface area contributed by atoms with Crippen LogP contribution in [0.4, 0.5) is 5.69 Å². The molecule has 1 saturated heterocycles. The maximum absolute atomic E-state index is 13.3. The van der Waals surface area contributed by atoms with E-state index < -0.39 is 11.5 Å². The fraction of sp³-hybridized carbons (Fsp3) is 0.381. The van der Waals surface area contributed by atoms with E-state index in [0.29, 0.717) is 17.9 Å². The van der Waals surface area contributed by atoms with E-state index in [2.05, 4.69) is 21.8 Å². The van der Waals surface area contributed by atoms with Crippen molar-refractivity contribution in [2.45, 2.75) is 12.0 Å². The Labute approximate surface area is 164 Å². The maximum atomic E-state index is 13.3. The first-order valence-electron chi connectivity index (χ1n) is 9.48. The quantitative estimate of drug-likeness (QED) is 0.783. The molecule has 7 nitrogen and oxygen atoms in total. The number of Topliss-reactive ketones (excluding diaryl/α,β-unsaturated/α-hetero) is 1. The number of ketones is 1. The van der Waals surface area contributed by atoms with Gasteiger partial charge in [-0.2, -0.15) is 0 Å². The van der Waals surface area contributed by atoms with E-state index in [0.717, 1.165) is 26.2 Å². The molecule has 7 heteroatoms. The van der Waals surface area contributed by atoms with Crippen molar-refractivity contribution in [1.82, 2.24) is 14.8 Å². The smallest absolute Gasteiger partial charge is 0.265 e. The third kappa shape index (κ3) is 3.32. The highest BCUT2D eigenvalue weighted by molar-refractivity contribution is 6.10. The molecule has 3 heterocycles. The molecule has 4 rings (SSSR count). The van der Waals surface area contributed by atoms with Gasteiger partial charge in [0.15, 0.2) is 11.4 Å². The number of anilines is 1. The van der Waals surface area contributed by atoms with E-state index in [1.54, 1.807) is 35.2 Å². The molecule has 0 spiro atoms. The number of para-hydroxylation sites is 1. The van der Waals surface area contributed by atoms with Crippen molar-refractivity contribution < 1.29 is 14.7 Å². The van der Waals surface area contributed by atoms with E-state index in [1.807, 2.05) is 12.1 Å². The van der Waals surface area contributed by atoms with E-state index in [9.17, 15) is 14.7 Å². The Kier molecular flexibility index (Phi) is 4.97. The third-order valence-corrected chi connectivity index (χ3v) is 5.54. The predicted octanol–water partition coefficient (Wildman–Crippen LogP) is 1.09. The number of rotatable bonds is 5. The number of likely N-dealkylation sites (N-methyl/N-ethyl adjacent to an activating group) is 1. The van der Waals surface area contributed by atoms with Crippen LogP contribution in [0, 0.1) is 0 Å². The number of benzene rings is 1. The van der Waals surface area contributed by atoms with E-state index in [1.165, 1.54) is 6.20 Å². The summed E-state index contributed by atoms with van der Waals surface area (Å²) in [6, 6.07) is 12.2. The van der Waals surface area contributed by atoms with Crippen LogP contribution in [0.5, 0.6) is 0 Å². The number of piperazine rings is 1. The van der Waals surface area contributed by atoms with Crippen LogP contribution in [0.15, 0.2) is 48.7 Å². The van der Waals surface area contributed by atoms with Gasteiger partial charge in [0.2, 0.25) is 0 Å². The minimum Gasteiger partial charge on any atom is -0.375 e. The Bertz CT molecular complexity index is 880. The molecule has 0 bridgehead atoms. The number of aromatic nitrogens is 1. The Morgan fingerprint density at radius 3 is 2.54 bits per heavy atom. The lowest BCUT2D eigenvalue weighted by Gasteiger charge is -2.35. The molecule has 2 aliphatic heterocycles. The van der Waals surface area contributed by atoms with Crippen LogP contribution in [0.3, 0.4) is 0 Å². The summed E-state index contributed by atoms with van der Waals surface area (Å²) >= 11 is 0. The summed E-state index contributed by atoms with van der Waals surface area (Å²) in [7, 11) is 2.08. The largest absolute Gasteiger partial charge is 0.375 e. The predicted molar refractivity (Wildman–Crippen MR) is 105 cm³/mol. The van der Waals surface area contributed by atoms with Gasteiger partial charge in [-0.15, -0.1) is 0 Å². The molecular weight excluding hydrogens is 356 g/mol. The zero-order valence-corrected chi connectivity index (χ0v) is 15.9. The zero-order chi connectivity index (χ0) is 19.7. The van der Waals surface area contributed by atoms with Crippen molar-refractivity contribution in [2.24, 2.45) is 0 Å². The van der Waals surface area contributed by atoms with Gasteiger partial charge in [-0.3, -0.25) is 24.4 Å². The molecule has 146 valence electrons. The van der Waals surface area contributed by atoms with Gasteiger partial charge in [-0.1, -0.05) is 24.3 Å². The second kappa shape index (κ2) is 7.43. The summed E-state index contributed by atoms with van der Waals surface area (Å²) in [4.78, 5) is 36.0. The van der Waals surface area contributed by atoms with Crippen LogP contribution in [-0.4, -0.2) is 71.5 Å². The molecule has 28 heavy (non-hydrogen) atoms. The summed E-state index contributed by atoms with van der Waals surface area (Å²) in [6.07, 6.45) is 1.21. The van der Waals surface area contributed by atoms with Crippen LogP contribution in [-0.2, 0) is 10.4 Å². The second-order valence-electron chi connectivity index (χ2n) is 7.49. The zero-order valence-electron chi connectivity index (χ0n) is 15.9. The third-order valence-electron chi connectivity index (χ3n) is 5.54. The van der Waals surface area contributed by atoms with Gasteiger partial charge in [0.1, 0.15) is 5.69 Å². The van der Waals surface area contributed by atoms with Crippen molar-refractivity contribution >= 4 is 17.4 Å². The molecule has 2 aromatic rings. The summed E-state index contributed by atoms with van der Waals surface area (Å²) < 4.78 is 0. The molecule has 1 aromatic carbocycles. The molecule has 2 aliphatic rings. The second-order valence-corrected chi connectivity index (χ2v) is 7.49. The summed E-state index contributed by atoms with van der Waals surface area (Å²) in [5, 5.41) is 11.3. The van der Waals surface area contributed by atoms with Gasteiger partial charge < -0.3 is 10.0 Å². The number of pyridine rings is 1. The number of hydrogen-bond donors (Lipinski definition) is 1. The van der Waals surface area contributed by atoms with E-state index >= 15 is 0 Å². The first kappa shape index (κ1) is 18.7. The number of fused-ring (bicyclic) bond motifs is 1. The van der Waals surface area contributed by atoms with E-state index in [-0.39, 0.29) is 17.9 Å². The van der Waals surface area contributed by atoms with Crippen molar-refractivity contribution in [3.63, 3.8) is 0 Å². The monoisotopic (exact) mass is 380 g/mol. The standard InChI is InChI=1S/C21H24N4O3/c1-23-10-12-24(13-11-23)15-25-18-8-3-2-6-16(18)21(28,20(25)27)14-19(26)17-7-4-5-9-22-17/h2-9,28H,10-15H2,1H3/t21-/m0/s1. The minimum atomic E-state index is -1.86. The molecule has 0 aliphatic carbocycles. The van der Waals surface area contributed by atoms with Crippen LogP contribution >= 0.6 is 0 Å². The SMILES string of the molecule is CN1CCN(CN2C(=O)[C@](O)(CC(=O)c3ccccn3)c3ccccc32)CC1. The number of nitrogens with zero attached hydrogens (tertiary/aromatic N) is 4. The molecule has 1 atom stereocenters. The molecule has 0 unspecified atom stereocenters. The average Bonchev–Trinajstić information content (AvgIpc) is 2.92. The Hall–Kier alpha value is -2.61. The highest BCUT2D eigenvalue weighted by atomic mass is 16.3. The molecule has 1 amide bonds. The number of hydrogen-bond acceptors (Lipinski definition) is 6. The van der Waals surface area contributed by atoms with Crippen LogP contribution in [0.25, 0.3) is 0 Å². The fourth-order valence-corrected chi connectivity index (χ4v) is 3.86. The first-order valence-corrected chi connectivity index (χ1v) is 9.48. The Morgan fingerprint density at radius 1 is 1.11 bits per heavy atom. The molecule has 0 radical (unpaired) electrons. The van der Waals surface area contributed by atoms with Crippen molar-refractivity contribution in [2.75, 3.05) is 44.8 Å². The summed E-state index contributed by atoms with van der Waals surface area (Å²) in [5.74, 6) is -0.801. The van der Waals surface area contributed by atoms with E-state index in [4.69, 9.17) is 0 Å². The van der Waals surface area contributed by atoms with Gasteiger partial charge >= 0.3 is 0 Å². The molecule has 1 N–H and O–H groups in total. The van der Waals surface area contributed by atoms with Crippen LogP contribution in [0.1, 0.15) is 22.5 Å². The lowest BCUT2D eigenvalue weighted by Crippen LogP contribution is -2.51. The summed E-state index contributed by atoms with van der Waals surface area (Å²) in [6.45, 7) is 3.99. The topological polar surface area (TPSA) is 77.0 Å². The summed E-state index contributed by atoms with van der Waals surface area (Å²) in [5.41, 5.74) is -0.461. The maximum Gasteiger partial charge on any atom is 0.265 e. The van der Waals surface area contributed by atoms with Crippen molar-refractivity contribution in [1.29, 1.82) is 0 Å². The number of carbonyl (C=O) groups excluding carboxylic acids is 2. The number of carbonyl (C=O) groups is 2. The highest BCUT2D eigenvalue weighted by Gasteiger charge is 2.51. The van der Waals surface area contributed by atoms with Gasteiger partial charge in [-0.05, 0) is 25.2 Å². The highest BCUT2D eigenvalue weighted by Crippen LogP contribution is 2.42. The Morgan fingerprint density at radius 2 is 1.82 bits per heavy atom. The minimum absolute atomic E-state index is 0.249. The van der Waals surface area contributed by atoms with Crippen molar-refractivity contribution in [3.05, 3.63) is 59.9 Å². The van der Waals surface area contributed by atoms with Crippen LogP contribution in [0.2, 0.25) is 0 Å². The normalized spacial score (nSPS) is 23.1. The van der Waals surface area contributed by atoms with Gasteiger partial charge in [0, 0.05) is 37.9 Å². The Balaban J connectivity index is 1.60. The number of aliphatic hydroxyl groups is 1. The van der Waals surface area contributed by atoms with Crippen LogP contribution < -0.4 is 4.90 Å². The lowest BCUT2D eigenvalue weighted by molar-refractivity contribution is -0.136. The first-order chi connectivity index (χ1) is 13.5. The molecule has 1 fully saturated rings. The lowest BCUT2D eigenvalue weighted by atomic mass is 9.89. The van der Waals surface area contributed by atoms with Gasteiger partial charge in [0.25, 0.3) is 5.91 Å².